The van der Waals surface area contributed by atoms with Gasteiger partial charge in [0.05, 0.1) is 15.7 Å². The first-order valence-electron chi connectivity index (χ1n) is 9.20. The number of hydrogen-bond acceptors (Lipinski definition) is 6. The largest absolute Gasteiger partial charge is 0.325 e. The van der Waals surface area contributed by atoms with E-state index in [1.807, 2.05) is 6.07 Å². The Morgan fingerprint density at radius 2 is 2.07 bits per heavy atom. The van der Waals surface area contributed by atoms with Crippen molar-refractivity contribution < 1.29 is 13.2 Å². The molecule has 0 saturated heterocycles. The van der Waals surface area contributed by atoms with Crippen molar-refractivity contribution in [1.29, 1.82) is 5.26 Å². The summed E-state index contributed by atoms with van der Waals surface area (Å²) >= 11 is 1.24. The monoisotopic (exact) mass is 430 g/mol. The summed E-state index contributed by atoms with van der Waals surface area (Å²) in [6.07, 6.45) is 2.87. The van der Waals surface area contributed by atoms with Crippen LogP contribution in [-0.4, -0.2) is 24.6 Å². The molecule has 2 atom stereocenters. The van der Waals surface area contributed by atoms with Crippen molar-refractivity contribution in [3.8, 4) is 6.07 Å². The average molecular weight is 431 g/mol. The number of fused-ring (bicyclic) bond motifs is 1. The molecule has 1 aliphatic rings. The Morgan fingerprint density at radius 3 is 2.69 bits per heavy atom. The molecule has 1 aliphatic carbocycles. The number of hydrogen-bond donors (Lipinski definition) is 2. The van der Waals surface area contributed by atoms with Gasteiger partial charge in [0.15, 0.2) is 0 Å². The number of nitrogens with one attached hydrogen (secondary N) is 1. The number of nitrogens with two attached hydrogens (primary N) is 1. The number of benzene rings is 1. The molecule has 0 bridgehead atoms. The minimum absolute atomic E-state index is 0.0239. The zero-order valence-corrected chi connectivity index (χ0v) is 17.8. The third kappa shape index (κ3) is 5.15. The van der Waals surface area contributed by atoms with E-state index < -0.39 is 15.3 Å². The smallest absolute Gasteiger partial charge is 0.238 e. The lowest BCUT2D eigenvalue weighted by molar-refractivity contribution is -0.115. The average Bonchev–Trinajstić information content (AvgIpc) is 2.67. The van der Waals surface area contributed by atoms with Crippen molar-refractivity contribution in [2.24, 2.45) is 11.1 Å². The van der Waals surface area contributed by atoms with Crippen LogP contribution in [0.3, 0.4) is 0 Å². The zero-order chi connectivity index (χ0) is 21.2. The molecule has 152 valence electrons. The highest BCUT2D eigenvalue weighted by molar-refractivity contribution is 8.00. The lowest BCUT2D eigenvalue weighted by Gasteiger charge is -2.22. The Morgan fingerprint density at radius 1 is 1.38 bits per heavy atom. The molecule has 1 amide bonds. The van der Waals surface area contributed by atoms with Crippen LogP contribution in [0.4, 0.5) is 5.69 Å². The quantitative estimate of drug-likeness (QED) is 0.703. The molecular formula is C20H22N4O3S2. The molecule has 1 aromatic carbocycles. The second kappa shape index (κ2) is 8.53. The first kappa shape index (κ1) is 21.3. The Hall–Kier alpha value is -2.41. The van der Waals surface area contributed by atoms with Gasteiger partial charge < -0.3 is 5.32 Å². The molecule has 2 aromatic rings. The minimum Gasteiger partial charge on any atom is -0.325 e. The number of nitriles is 1. The summed E-state index contributed by atoms with van der Waals surface area (Å²) in [6, 6.07) is 9.72. The number of carbonyl (C=O) groups is 1. The van der Waals surface area contributed by atoms with Crippen LogP contribution in [0.15, 0.2) is 40.3 Å². The summed E-state index contributed by atoms with van der Waals surface area (Å²) < 4.78 is 22.6. The molecule has 0 radical (unpaired) electrons. The standard InChI is InChI=1S/C20H22N4O3S2/c1-12-3-8-18-14(9-12)10-15(11-21)20(24-18)28-13(2)19(25)23-16-4-6-17(7-5-16)29(22,26)27/h4-7,10,12-13H,3,8-9H2,1-2H3,(H,23,25)(H2,22,26,27). The third-order valence-corrected chi connectivity index (χ3v) is 6.86. The number of aromatic nitrogens is 1. The molecule has 3 rings (SSSR count). The summed E-state index contributed by atoms with van der Waals surface area (Å²) in [5.74, 6) is 0.315. The van der Waals surface area contributed by atoms with E-state index in [1.54, 1.807) is 6.92 Å². The second-order valence-corrected chi connectivity index (χ2v) is 10.1. The number of aryl methyl sites for hydroxylation is 1. The molecule has 0 saturated carbocycles. The van der Waals surface area contributed by atoms with E-state index in [0.29, 0.717) is 22.2 Å². The minimum atomic E-state index is -3.78. The van der Waals surface area contributed by atoms with Crippen molar-refractivity contribution in [1.82, 2.24) is 4.98 Å². The summed E-state index contributed by atoms with van der Waals surface area (Å²) in [6.45, 7) is 3.93. The molecule has 1 heterocycles. The number of thioether (sulfide) groups is 1. The fourth-order valence-electron chi connectivity index (χ4n) is 3.19. The Balaban J connectivity index is 1.72. The van der Waals surface area contributed by atoms with Gasteiger partial charge in [-0.2, -0.15) is 5.26 Å². The maximum Gasteiger partial charge on any atom is 0.238 e. The fourth-order valence-corrected chi connectivity index (χ4v) is 4.60. The van der Waals surface area contributed by atoms with Gasteiger partial charge in [-0.1, -0.05) is 18.7 Å². The second-order valence-electron chi connectivity index (χ2n) is 7.23. The highest BCUT2D eigenvalue weighted by Crippen LogP contribution is 2.31. The van der Waals surface area contributed by atoms with Crippen molar-refractivity contribution in [2.75, 3.05) is 5.32 Å². The van der Waals surface area contributed by atoms with Crippen molar-refractivity contribution in [2.45, 2.75) is 48.3 Å². The molecule has 0 fully saturated rings. The summed E-state index contributed by atoms with van der Waals surface area (Å²) in [5, 5.41) is 17.4. The first-order chi connectivity index (χ1) is 13.7. The molecule has 3 N–H and O–H groups in total. The summed E-state index contributed by atoms with van der Waals surface area (Å²) in [5.41, 5.74) is 3.08. The number of primary sulfonamides is 1. The van der Waals surface area contributed by atoms with Crippen LogP contribution in [-0.2, 0) is 27.7 Å². The first-order valence-corrected chi connectivity index (χ1v) is 11.6. The van der Waals surface area contributed by atoms with Gasteiger partial charge in [-0.05, 0) is 68.0 Å². The van der Waals surface area contributed by atoms with E-state index in [-0.39, 0.29) is 10.8 Å². The lowest BCUT2D eigenvalue weighted by atomic mass is 9.87. The molecular weight excluding hydrogens is 408 g/mol. The number of carbonyl (C=O) groups excluding carboxylic acids is 1. The lowest BCUT2D eigenvalue weighted by Crippen LogP contribution is -2.23. The van der Waals surface area contributed by atoms with E-state index in [1.165, 1.54) is 36.0 Å². The van der Waals surface area contributed by atoms with E-state index in [0.717, 1.165) is 30.5 Å². The Labute approximate surface area is 174 Å². The fraction of sp³-hybridized carbons (Fsp3) is 0.350. The SMILES string of the molecule is CC1CCc2nc(SC(C)C(=O)Nc3ccc(S(N)(=O)=O)cc3)c(C#N)cc2C1. The maximum atomic E-state index is 12.5. The van der Waals surface area contributed by atoms with Crippen molar-refractivity contribution in [3.63, 3.8) is 0 Å². The van der Waals surface area contributed by atoms with Gasteiger partial charge in [0.1, 0.15) is 11.1 Å². The number of nitrogens with zero attached hydrogens (tertiary/aromatic N) is 2. The number of sulfonamides is 1. The number of anilines is 1. The van der Waals surface area contributed by atoms with Crippen LogP contribution in [0.25, 0.3) is 0 Å². The van der Waals surface area contributed by atoms with Gasteiger partial charge in [-0.15, -0.1) is 0 Å². The predicted molar refractivity (Wildman–Crippen MR) is 112 cm³/mol. The maximum absolute atomic E-state index is 12.5. The van der Waals surface area contributed by atoms with Gasteiger partial charge in [-0.3, -0.25) is 4.79 Å². The molecule has 0 spiro atoms. The number of pyridine rings is 1. The van der Waals surface area contributed by atoms with Crippen LogP contribution in [0.1, 0.15) is 37.1 Å². The van der Waals surface area contributed by atoms with E-state index in [4.69, 9.17) is 5.14 Å². The van der Waals surface area contributed by atoms with Crippen LogP contribution < -0.4 is 10.5 Å². The van der Waals surface area contributed by atoms with Crippen LogP contribution in [0, 0.1) is 17.2 Å². The summed E-state index contributed by atoms with van der Waals surface area (Å²) in [7, 11) is -3.78. The molecule has 9 heteroatoms. The molecule has 29 heavy (non-hydrogen) atoms. The van der Waals surface area contributed by atoms with Crippen LogP contribution >= 0.6 is 11.8 Å². The summed E-state index contributed by atoms with van der Waals surface area (Å²) in [4.78, 5) is 17.2. The molecule has 1 aromatic heterocycles. The zero-order valence-electron chi connectivity index (χ0n) is 16.2. The van der Waals surface area contributed by atoms with Crippen molar-refractivity contribution >= 4 is 33.4 Å². The van der Waals surface area contributed by atoms with Gasteiger partial charge >= 0.3 is 0 Å². The number of rotatable bonds is 5. The predicted octanol–water partition coefficient (Wildman–Crippen LogP) is 2.84. The van der Waals surface area contributed by atoms with Gasteiger partial charge in [0.25, 0.3) is 0 Å². The van der Waals surface area contributed by atoms with Gasteiger partial charge in [0.2, 0.25) is 15.9 Å². The highest BCUT2D eigenvalue weighted by atomic mass is 32.2. The topological polar surface area (TPSA) is 126 Å². The molecule has 2 unspecified atom stereocenters. The Bertz CT molecular complexity index is 1080. The van der Waals surface area contributed by atoms with Crippen molar-refractivity contribution in [3.05, 3.63) is 47.2 Å². The Kier molecular flexibility index (Phi) is 6.27. The van der Waals surface area contributed by atoms with Crippen LogP contribution in [0.5, 0.6) is 0 Å². The van der Waals surface area contributed by atoms with E-state index >= 15 is 0 Å². The molecule has 7 nitrogen and oxygen atoms in total. The van der Waals surface area contributed by atoms with Gasteiger partial charge in [-0.25, -0.2) is 18.5 Å². The van der Waals surface area contributed by atoms with Crippen LogP contribution in [0.2, 0.25) is 0 Å². The normalized spacial score (nSPS) is 17.1. The van der Waals surface area contributed by atoms with E-state index in [9.17, 15) is 18.5 Å². The van der Waals surface area contributed by atoms with E-state index in [2.05, 4.69) is 23.3 Å². The molecule has 0 aliphatic heterocycles. The highest BCUT2D eigenvalue weighted by Gasteiger charge is 2.22. The van der Waals surface area contributed by atoms with Gasteiger partial charge in [0, 0.05) is 11.4 Å². The number of amides is 1. The third-order valence-electron chi connectivity index (χ3n) is 4.83.